The van der Waals surface area contributed by atoms with Crippen molar-refractivity contribution in [2.45, 2.75) is 6.92 Å². The Bertz CT molecular complexity index is 410. The summed E-state index contributed by atoms with van der Waals surface area (Å²) in [5, 5.41) is 0. The van der Waals surface area contributed by atoms with Crippen molar-refractivity contribution >= 4 is 11.7 Å². The summed E-state index contributed by atoms with van der Waals surface area (Å²) in [4.78, 5) is 11.0. The van der Waals surface area contributed by atoms with Crippen molar-refractivity contribution in [3.8, 4) is 0 Å². The number of nitrogens with zero attached hydrogens (tertiary/aromatic N) is 1. The van der Waals surface area contributed by atoms with E-state index < -0.39 is 0 Å². The van der Waals surface area contributed by atoms with Gasteiger partial charge in [-0.2, -0.15) is 0 Å². The summed E-state index contributed by atoms with van der Waals surface area (Å²) < 4.78 is 5.71. The summed E-state index contributed by atoms with van der Waals surface area (Å²) in [5.41, 5.74) is 2.48. The van der Waals surface area contributed by atoms with Crippen LogP contribution in [0.4, 0.5) is 5.69 Å². The molecule has 1 rings (SSSR count). The predicted octanol–water partition coefficient (Wildman–Crippen LogP) is 2.29. The lowest BCUT2D eigenvalue weighted by molar-refractivity contribution is -0.137. The molecule has 0 fully saturated rings. The molecule has 0 saturated heterocycles. The van der Waals surface area contributed by atoms with Crippen molar-refractivity contribution in [1.29, 1.82) is 0 Å². The molecule has 0 amide bonds. The minimum Gasteiger partial charge on any atom is -0.457 e. The predicted molar refractivity (Wildman–Crippen MR) is 70.8 cm³/mol. The zero-order valence-electron chi connectivity index (χ0n) is 10.8. The monoisotopic (exact) mass is 234 g/mol. The molecule has 92 valence electrons. The smallest absolute Gasteiger partial charge is 0.330 e. The van der Waals surface area contributed by atoms with Crippen LogP contribution in [-0.4, -0.2) is 33.2 Å². The third-order valence-corrected chi connectivity index (χ3v) is 2.83. The summed E-state index contributed by atoms with van der Waals surface area (Å²) in [7, 11) is 4.20. The highest BCUT2D eigenvalue weighted by Gasteiger charge is 2.20. The molecule has 0 aliphatic carbocycles. The molecule has 3 heteroatoms. The van der Waals surface area contributed by atoms with E-state index in [0.29, 0.717) is 11.1 Å². The maximum Gasteiger partial charge on any atom is 0.330 e. The van der Waals surface area contributed by atoms with E-state index in [1.807, 2.05) is 12.1 Å². The number of rotatable bonds is 5. The minimum absolute atomic E-state index is 0.366. The zero-order chi connectivity index (χ0) is 12.9. The van der Waals surface area contributed by atoms with Gasteiger partial charge in [0.25, 0.3) is 0 Å². The number of quaternary nitrogens is 1. The summed E-state index contributed by atoms with van der Waals surface area (Å²) in [6.45, 7) is 6.59. The number of likely N-dealkylation sites (N-methyl/N-ethyl adjacent to an activating group) is 1. The Hall–Kier alpha value is -1.61. The van der Waals surface area contributed by atoms with Crippen LogP contribution in [0.25, 0.3) is 0 Å². The molecule has 0 unspecified atom stereocenters. The minimum atomic E-state index is -0.366. The molecular formula is C14H20NO2+. The maximum atomic E-state index is 11.0. The fourth-order valence-corrected chi connectivity index (χ4v) is 1.80. The van der Waals surface area contributed by atoms with Crippen LogP contribution in [-0.2, 0) is 9.53 Å². The van der Waals surface area contributed by atoms with Gasteiger partial charge in [0.15, 0.2) is 0 Å². The first-order chi connectivity index (χ1) is 7.97. The van der Waals surface area contributed by atoms with Crippen molar-refractivity contribution in [2.24, 2.45) is 0 Å². The number of aryl methyl sites for hydroxylation is 1. The molecule has 0 saturated carbocycles. The van der Waals surface area contributed by atoms with E-state index in [-0.39, 0.29) is 5.97 Å². The van der Waals surface area contributed by atoms with Gasteiger partial charge in [-0.25, -0.2) is 4.79 Å². The number of hydrogen-bond donors (Lipinski definition) is 0. The summed E-state index contributed by atoms with van der Waals surface area (Å²) in [6, 6.07) is 8.24. The number of carbonyl (C=O) groups is 1. The van der Waals surface area contributed by atoms with Crippen LogP contribution in [0.3, 0.4) is 0 Å². The van der Waals surface area contributed by atoms with Crippen molar-refractivity contribution in [2.75, 3.05) is 27.2 Å². The summed E-state index contributed by atoms with van der Waals surface area (Å²) >= 11 is 0. The van der Waals surface area contributed by atoms with Crippen LogP contribution >= 0.6 is 0 Å². The summed E-state index contributed by atoms with van der Waals surface area (Å²) in [6.07, 6.45) is 1.19. The van der Waals surface area contributed by atoms with Gasteiger partial charge >= 0.3 is 5.97 Å². The van der Waals surface area contributed by atoms with E-state index in [0.717, 1.165) is 6.54 Å². The Labute approximate surface area is 103 Å². The van der Waals surface area contributed by atoms with E-state index in [9.17, 15) is 4.79 Å². The van der Waals surface area contributed by atoms with Crippen molar-refractivity contribution in [3.05, 3.63) is 42.5 Å². The molecule has 17 heavy (non-hydrogen) atoms. The molecule has 0 aliphatic rings. The van der Waals surface area contributed by atoms with Crippen LogP contribution in [0.2, 0.25) is 0 Å². The lowest BCUT2D eigenvalue weighted by Gasteiger charge is -2.30. The zero-order valence-corrected chi connectivity index (χ0v) is 10.8. The first-order valence-electron chi connectivity index (χ1n) is 5.66. The van der Waals surface area contributed by atoms with Gasteiger partial charge in [0, 0.05) is 11.6 Å². The van der Waals surface area contributed by atoms with Gasteiger partial charge in [0.05, 0.1) is 14.1 Å². The quantitative estimate of drug-likeness (QED) is 0.444. The Morgan fingerprint density at radius 1 is 1.41 bits per heavy atom. The molecule has 0 spiro atoms. The lowest BCUT2D eigenvalue weighted by atomic mass is 10.1. The summed E-state index contributed by atoms with van der Waals surface area (Å²) in [5.74, 6) is -0.366. The van der Waals surface area contributed by atoms with Gasteiger partial charge in [-0.15, -0.1) is 0 Å². The number of ether oxygens (including phenoxy) is 1. The molecular weight excluding hydrogens is 214 g/mol. The standard InChI is InChI=1S/C14H20NO2/c1-5-14(16)17-11-10-15(3,4)13-9-7-6-8-12(13)2/h5-9H,1,10-11H2,2-4H3/q+1. The van der Waals surface area contributed by atoms with Crippen LogP contribution in [0.5, 0.6) is 0 Å². The SMILES string of the molecule is C=CC(=O)OCC[N+](C)(C)c1ccccc1C. The normalized spacial score (nSPS) is 11.0. The second-order valence-corrected chi connectivity index (χ2v) is 4.57. The Kier molecular flexibility index (Phi) is 4.46. The van der Waals surface area contributed by atoms with E-state index >= 15 is 0 Å². The van der Waals surface area contributed by atoms with E-state index in [2.05, 4.69) is 39.7 Å². The fraction of sp³-hybridized carbons (Fsp3) is 0.357. The number of para-hydroxylation sites is 1. The molecule has 0 aliphatic heterocycles. The van der Waals surface area contributed by atoms with Crippen LogP contribution in [0, 0.1) is 6.92 Å². The van der Waals surface area contributed by atoms with Gasteiger partial charge in [-0.1, -0.05) is 24.8 Å². The third kappa shape index (κ3) is 3.71. The highest BCUT2D eigenvalue weighted by atomic mass is 16.5. The van der Waals surface area contributed by atoms with E-state index in [1.54, 1.807) is 0 Å². The molecule has 0 heterocycles. The first kappa shape index (κ1) is 13.5. The first-order valence-corrected chi connectivity index (χ1v) is 5.66. The van der Waals surface area contributed by atoms with Gasteiger partial charge in [0.1, 0.15) is 18.8 Å². The van der Waals surface area contributed by atoms with Crippen molar-refractivity contribution in [3.63, 3.8) is 0 Å². The highest BCUT2D eigenvalue weighted by molar-refractivity contribution is 5.81. The molecule has 3 nitrogen and oxygen atoms in total. The Morgan fingerprint density at radius 2 is 2.06 bits per heavy atom. The van der Waals surface area contributed by atoms with Crippen LogP contribution in [0.15, 0.2) is 36.9 Å². The molecule has 0 N–H and O–H groups in total. The number of hydrogen-bond acceptors (Lipinski definition) is 2. The van der Waals surface area contributed by atoms with Gasteiger partial charge < -0.3 is 4.74 Å². The van der Waals surface area contributed by atoms with Gasteiger partial charge in [0.2, 0.25) is 0 Å². The second-order valence-electron chi connectivity index (χ2n) is 4.57. The van der Waals surface area contributed by atoms with Gasteiger partial charge in [-0.3, -0.25) is 4.48 Å². The average Bonchev–Trinajstić information content (AvgIpc) is 2.28. The Balaban J connectivity index is 2.65. The number of esters is 1. The van der Waals surface area contributed by atoms with Crippen molar-refractivity contribution in [1.82, 2.24) is 4.48 Å². The van der Waals surface area contributed by atoms with E-state index in [4.69, 9.17) is 4.74 Å². The molecule has 0 bridgehead atoms. The highest BCUT2D eigenvalue weighted by Crippen LogP contribution is 2.22. The molecule has 1 aromatic rings. The fourth-order valence-electron chi connectivity index (χ4n) is 1.80. The van der Waals surface area contributed by atoms with Crippen LogP contribution < -0.4 is 4.48 Å². The Morgan fingerprint density at radius 3 is 2.65 bits per heavy atom. The number of benzene rings is 1. The van der Waals surface area contributed by atoms with Gasteiger partial charge in [-0.05, 0) is 13.0 Å². The lowest BCUT2D eigenvalue weighted by Crippen LogP contribution is -2.44. The molecule has 1 aromatic carbocycles. The molecule has 0 atom stereocenters. The van der Waals surface area contributed by atoms with E-state index in [1.165, 1.54) is 17.3 Å². The topological polar surface area (TPSA) is 26.3 Å². The third-order valence-electron chi connectivity index (χ3n) is 2.83. The maximum absolute atomic E-state index is 11.0. The van der Waals surface area contributed by atoms with Crippen LogP contribution in [0.1, 0.15) is 5.56 Å². The average molecular weight is 234 g/mol. The molecule has 0 aromatic heterocycles. The molecule has 0 radical (unpaired) electrons. The second kappa shape index (κ2) is 5.64. The largest absolute Gasteiger partial charge is 0.457 e. The number of carbonyl (C=O) groups excluding carboxylic acids is 1. The van der Waals surface area contributed by atoms with Crippen molar-refractivity contribution < 1.29 is 9.53 Å².